The molecule has 0 spiro atoms. The minimum absolute atomic E-state index is 0.153. The molecular weight excluding hydrogens is 496 g/mol. The van der Waals surface area contributed by atoms with Gasteiger partial charge in [-0.15, -0.1) is 0 Å². The van der Waals surface area contributed by atoms with Crippen LogP contribution in [0, 0.1) is 0 Å². The number of hydrogen-bond acceptors (Lipinski definition) is 10. The van der Waals surface area contributed by atoms with Crippen LogP contribution in [0.25, 0.3) is 0 Å². The lowest BCUT2D eigenvalue weighted by molar-refractivity contribution is -0.305. The van der Waals surface area contributed by atoms with Gasteiger partial charge in [-0.3, -0.25) is 9.59 Å². The van der Waals surface area contributed by atoms with Gasteiger partial charge in [0.25, 0.3) is 0 Å². The number of carbonyl (C=O) groups excluding carboxylic acids is 2. The molecule has 0 radical (unpaired) electrons. The van der Waals surface area contributed by atoms with Crippen molar-refractivity contribution in [2.24, 2.45) is 0 Å². The van der Waals surface area contributed by atoms with E-state index in [2.05, 4.69) is 31.2 Å². The van der Waals surface area contributed by atoms with Gasteiger partial charge in [0.1, 0.15) is 31.0 Å². The minimum atomic E-state index is -1.59. The zero-order chi connectivity index (χ0) is 28.2. The highest BCUT2D eigenvalue weighted by Crippen LogP contribution is 2.22. The molecule has 6 unspecified atom stereocenters. The SMILES string of the molecule is CCC/C=C\C/C=C\CCCCCCCC(=O)OC(COC(=O)CC)COC1OC(CO)C(O)C(O)C1O. The fourth-order valence-electron chi connectivity index (χ4n) is 3.79. The van der Waals surface area contributed by atoms with Crippen LogP contribution in [-0.2, 0) is 28.5 Å². The average Bonchev–Trinajstić information content (AvgIpc) is 2.92. The number of rotatable bonds is 20. The number of hydrogen-bond donors (Lipinski definition) is 4. The molecule has 1 aliphatic rings. The van der Waals surface area contributed by atoms with Crippen molar-refractivity contribution in [3.8, 4) is 0 Å². The van der Waals surface area contributed by atoms with Gasteiger partial charge in [0, 0.05) is 12.8 Å². The molecular formula is C28H48O10. The quantitative estimate of drug-likeness (QED) is 0.102. The molecule has 1 fully saturated rings. The van der Waals surface area contributed by atoms with Crippen LogP contribution in [0.2, 0.25) is 0 Å². The number of unbranched alkanes of at least 4 members (excludes halogenated alkanes) is 6. The molecule has 0 amide bonds. The average molecular weight is 545 g/mol. The van der Waals surface area contributed by atoms with Gasteiger partial charge in [-0.2, -0.15) is 0 Å². The summed E-state index contributed by atoms with van der Waals surface area (Å²) >= 11 is 0. The highest BCUT2D eigenvalue weighted by Gasteiger charge is 2.44. The second-order valence-corrected chi connectivity index (χ2v) is 9.45. The van der Waals surface area contributed by atoms with E-state index in [1.807, 2.05) is 0 Å². The molecule has 10 nitrogen and oxygen atoms in total. The molecule has 0 saturated carbocycles. The summed E-state index contributed by atoms with van der Waals surface area (Å²) in [5.74, 6) is -0.930. The van der Waals surface area contributed by atoms with Crippen molar-refractivity contribution in [3.63, 3.8) is 0 Å². The lowest BCUT2D eigenvalue weighted by Crippen LogP contribution is -2.59. The zero-order valence-electron chi connectivity index (χ0n) is 22.9. The Morgan fingerprint density at radius 3 is 2.21 bits per heavy atom. The van der Waals surface area contributed by atoms with E-state index in [9.17, 15) is 30.0 Å². The van der Waals surface area contributed by atoms with Crippen LogP contribution in [0.4, 0.5) is 0 Å². The van der Waals surface area contributed by atoms with E-state index in [1.54, 1.807) is 6.92 Å². The Bertz CT molecular complexity index is 693. The van der Waals surface area contributed by atoms with Gasteiger partial charge in [0.15, 0.2) is 12.4 Å². The van der Waals surface area contributed by atoms with Gasteiger partial charge in [0.05, 0.1) is 13.2 Å². The Balaban J connectivity index is 2.35. The van der Waals surface area contributed by atoms with Crippen molar-refractivity contribution < 1.29 is 49.0 Å². The maximum Gasteiger partial charge on any atom is 0.306 e. The third-order valence-electron chi connectivity index (χ3n) is 6.12. The smallest absolute Gasteiger partial charge is 0.306 e. The molecule has 0 aromatic heterocycles. The number of ether oxygens (including phenoxy) is 4. The molecule has 6 atom stereocenters. The Labute approximate surface area is 226 Å². The summed E-state index contributed by atoms with van der Waals surface area (Å²) in [5.41, 5.74) is 0. The van der Waals surface area contributed by atoms with Crippen LogP contribution in [0.1, 0.15) is 84.5 Å². The third-order valence-corrected chi connectivity index (χ3v) is 6.12. The highest BCUT2D eigenvalue weighted by molar-refractivity contribution is 5.70. The number of allylic oxidation sites excluding steroid dienone is 4. The summed E-state index contributed by atoms with van der Waals surface area (Å²) in [6.45, 7) is 2.69. The van der Waals surface area contributed by atoms with Crippen molar-refractivity contribution in [2.75, 3.05) is 19.8 Å². The predicted octanol–water partition coefficient (Wildman–Crippen LogP) is 2.70. The molecule has 1 rings (SSSR count). The van der Waals surface area contributed by atoms with Crippen molar-refractivity contribution in [3.05, 3.63) is 24.3 Å². The first-order valence-electron chi connectivity index (χ1n) is 13.9. The van der Waals surface area contributed by atoms with Gasteiger partial charge in [-0.25, -0.2) is 0 Å². The van der Waals surface area contributed by atoms with Crippen molar-refractivity contribution >= 4 is 11.9 Å². The van der Waals surface area contributed by atoms with E-state index in [0.29, 0.717) is 6.42 Å². The molecule has 1 saturated heterocycles. The maximum atomic E-state index is 12.4. The Morgan fingerprint density at radius 1 is 0.842 bits per heavy atom. The molecule has 10 heteroatoms. The molecule has 0 aromatic rings. The van der Waals surface area contributed by atoms with Crippen molar-refractivity contribution in [1.82, 2.24) is 0 Å². The summed E-state index contributed by atoms with van der Waals surface area (Å²) in [6.07, 6.45) is 10.2. The Morgan fingerprint density at radius 2 is 1.53 bits per heavy atom. The fraction of sp³-hybridized carbons (Fsp3) is 0.786. The topological polar surface area (TPSA) is 152 Å². The van der Waals surface area contributed by atoms with Gasteiger partial charge in [-0.1, -0.05) is 63.8 Å². The number of carbonyl (C=O) groups is 2. The maximum absolute atomic E-state index is 12.4. The molecule has 38 heavy (non-hydrogen) atoms. The highest BCUT2D eigenvalue weighted by atomic mass is 16.7. The van der Waals surface area contributed by atoms with Crippen LogP contribution in [0.3, 0.4) is 0 Å². The van der Waals surface area contributed by atoms with Gasteiger partial charge < -0.3 is 39.4 Å². The molecule has 4 N–H and O–H groups in total. The molecule has 1 aliphatic heterocycles. The summed E-state index contributed by atoms with van der Waals surface area (Å²) in [6, 6.07) is 0. The molecule has 220 valence electrons. The largest absolute Gasteiger partial charge is 0.462 e. The Hall–Kier alpha value is -1.82. The lowest BCUT2D eigenvalue weighted by Gasteiger charge is -2.39. The van der Waals surface area contributed by atoms with Gasteiger partial charge in [0.2, 0.25) is 0 Å². The summed E-state index contributed by atoms with van der Waals surface area (Å²) in [7, 11) is 0. The van der Waals surface area contributed by atoms with Crippen molar-refractivity contribution in [1.29, 1.82) is 0 Å². The van der Waals surface area contributed by atoms with Crippen LogP contribution in [0.5, 0.6) is 0 Å². The third kappa shape index (κ3) is 14.4. The van der Waals surface area contributed by atoms with Gasteiger partial charge >= 0.3 is 11.9 Å². The van der Waals surface area contributed by atoms with E-state index in [4.69, 9.17) is 18.9 Å². The standard InChI is InChI=1S/C28H48O10/c1-3-5-6-7-8-9-10-11-12-13-14-15-16-17-24(31)37-21(19-35-23(30)4-2)20-36-28-27(34)26(33)25(32)22(18-29)38-28/h6-7,9-10,21-22,25-29,32-34H,3-5,8,11-20H2,1-2H3/b7-6-,10-9-. The first-order chi connectivity index (χ1) is 18.3. The van der Waals surface area contributed by atoms with Crippen LogP contribution < -0.4 is 0 Å². The Kier molecular flexibility index (Phi) is 19.0. The van der Waals surface area contributed by atoms with E-state index >= 15 is 0 Å². The van der Waals surface area contributed by atoms with Crippen LogP contribution in [-0.4, -0.2) is 89.0 Å². The van der Waals surface area contributed by atoms with Crippen LogP contribution in [0.15, 0.2) is 24.3 Å². The monoisotopic (exact) mass is 544 g/mol. The molecule has 0 aliphatic carbocycles. The summed E-state index contributed by atoms with van der Waals surface area (Å²) in [4.78, 5) is 23.9. The number of aliphatic hydroxyl groups is 4. The molecule has 1 heterocycles. The fourth-order valence-corrected chi connectivity index (χ4v) is 3.79. The van der Waals surface area contributed by atoms with E-state index < -0.39 is 55.4 Å². The van der Waals surface area contributed by atoms with Gasteiger partial charge in [-0.05, 0) is 32.1 Å². The summed E-state index contributed by atoms with van der Waals surface area (Å²) in [5, 5.41) is 39.2. The van der Waals surface area contributed by atoms with E-state index in [1.165, 1.54) is 6.42 Å². The molecule has 0 bridgehead atoms. The van der Waals surface area contributed by atoms with E-state index in [-0.39, 0.29) is 26.1 Å². The van der Waals surface area contributed by atoms with Crippen LogP contribution >= 0.6 is 0 Å². The first kappa shape index (κ1) is 34.2. The first-order valence-corrected chi connectivity index (χ1v) is 13.9. The molecule has 0 aromatic carbocycles. The summed E-state index contributed by atoms with van der Waals surface area (Å²) < 4.78 is 21.3. The van der Waals surface area contributed by atoms with E-state index in [0.717, 1.165) is 44.9 Å². The normalized spacial score (nSPS) is 24.6. The number of aliphatic hydroxyl groups excluding tert-OH is 4. The van der Waals surface area contributed by atoms with Crippen molar-refractivity contribution in [2.45, 2.75) is 121 Å². The lowest BCUT2D eigenvalue weighted by atomic mass is 9.99. The minimum Gasteiger partial charge on any atom is -0.462 e. The zero-order valence-corrected chi connectivity index (χ0v) is 22.9. The number of esters is 2. The second kappa shape index (κ2) is 21.1. The predicted molar refractivity (Wildman–Crippen MR) is 141 cm³/mol. The second-order valence-electron chi connectivity index (χ2n) is 9.45.